The van der Waals surface area contributed by atoms with Crippen LogP contribution in [0.25, 0.3) is 106 Å². The molecular formula is C51H32N4. The molecule has 0 bridgehead atoms. The molecule has 0 unspecified atom stereocenters. The van der Waals surface area contributed by atoms with Gasteiger partial charge in [-0.15, -0.1) is 0 Å². The molecule has 0 radical (unpaired) electrons. The third kappa shape index (κ3) is 5.26. The van der Waals surface area contributed by atoms with Crippen molar-refractivity contribution in [3.05, 3.63) is 194 Å². The van der Waals surface area contributed by atoms with Crippen LogP contribution >= 0.6 is 0 Å². The predicted molar refractivity (Wildman–Crippen MR) is 227 cm³/mol. The van der Waals surface area contributed by atoms with Crippen molar-refractivity contribution in [1.29, 1.82) is 0 Å². The molecule has 0 saturated carbocycles. The molecule has 3 heterocycles. The van der Waals surface area contributed by atoms with Crippen LogP contribution in [0.4, 0.5) is 0 Å². The molecule has 4 heteroatoms. The third-order valence-corrected chi connectivity index (χ3v) is 10.8. The van der Waals surface area contributed by atoms with Crippen molar-refractivity contribution in [3.63, 3.8) is 0 Å². The summed E-state index contributed by atoms with van der Waals surface area (Å²) < 4.78 is 2.42. The van der Waals surface area contributed by atoms with E-state index in [9.17, 15) is 0 Å². The summed E-state index contributed by atoms with van der Waals surface area (Å²) in [5.41, 5.74) is 13.5. The van der Waals surface area contributed by atoms with Crippen LogP contribution in [0.5, 0.6) is 0 Å². The second-order valence-corrected chi connectivity index (χ2v) is 14.1. The average molecular weight is 701 g/mol. The van der Waals surface area contributed by atoms with E-state index >= 15 is 0 Å². The van der Waals surface area contributed by atoms with Gasteiger partial charge in [0, 0.05) is 38.2 Å². The lowest BCUT2D eigenvalue weighted by Gasteiger charge is -2.11. The van der Waals surface area contributed by atoms with E-state index in [2.05, 4.69) is 174 Å². The van der Waals surface area contributed by atoms with E-state index in [4.69, 9.17) is 15.0 Å². The predicted octanol–water partition coefficient (Wildman–Crippen LogP) is 13.0. The van der Waals surface area contributed by atoms with Crippen molar-refractivity contribution >= 4 is 38.1 Å². The van der Waals surface area contributed by atoms with Crippen molar-refractivity contribution in [2.45, 2.75) is 0 Å². The first-order valence-corrected chi connectivity index (χ1v) is 18.6. The largest absolute Gasteiger partial charge is 0.308 e. The van der Waals surface area contributed by atoms with Gasteiger partial charge in [-0.2, -0.15) is 0 Å². The van der Waals surface area contributed by atoms with Crippen LogP contribution in [0.3, 0.4) is 0 Å². The summed E-state index contributed by atoms with van der Waals surface area (Å²) in [6.07, 6.45) is 0. The Morgan fingerprint density at radius 3 is 1.22 bits per heavy atom. The summed E-state index contributed by atoms with van der Waals surface area (Å²) >= 11 is 0. The third-order valence-electron chi connectivity index (χ3n) is 10.8. The quantitative estimate of drug-likeness (QED) is 0.173. The number of hydrogen-bond acceptors (Lipinski definition) is 3. The van der Waals surface area contributed by atoms with Crippen molar-refractivity contribution in [2.75, 3.05) is 0 Å². The van der Waals surface area contributed by atoms with Gasteiger partial charge in [-0.05, 0) is 69.8 Å². The molecule has 0 atom stereocenters. The summed E-state index contributed by atoms with van der Waals surface area (Å²) in [5, 5.41) is 5.04. The first-order chi connectivity index (χ1) is 27.2. The minimum absolute atomic E-state index is 0.637. The molecule has 0 aliphatic rings. The van der Waals surface area contributed by atoms with Gasteiger partial charge in [-0.25, -0.2) is 15.0 Å². The van der Waals surface area contributed by atoms with Crippen LogP contribution in [0.15, 0.2) is 194 Å². The lowest BCUT2D eigenvalue weighted by molar-refractivity contribution is 1.07. The van der Waals surface area contributed by atoms with Crippen LogP contribution < -0.4 is 0 Å². The molecular weight excluding hydrogens is 669 g/mol. The Balaban J connectivity index is 1.02. The second-order valence-electron chi connectivity index (χ2n) is 14.1. The first-order valence-electron chi connectivity index (χ1n) is 18.6. The van der Waals surface area contributed by atoms with Gasteiger partial charge >= 0.3 is 0 Å². The van der Waals surface area contributed by atoms with E-state index in [1.165, 1.54) is 49.2 Å². The highest BCUT2D eigenvalue weighted by molar-refractivity contribution is 6.24. The zero-order chi connectivity index (χ0) is 36.3. The van der Waals surface area contributed by atoms with E-state index < -0.39 is 0 Å². The Morgan fingerprint density at radius 1 is 0.255 bits per heavy atom. The molecule has 11 rings (SSSR count). The zero-order valence-electron chi connectivity index (χ0n) is 29.8. The monoisotopic (exact) mass is 700 g/mol. The summed E-state index contributed by atoms with van der Waals surface area (Å²) in [6.45, 7) is 0. The fourth-order valence-corrected chi connectivity index (χ4v) is 8.13. The highest BCUT2D eigenvalue weighted by Crippen LogP contribution is 2.42. The minimum atomic E-state index is 0.637. The molecule has 0 fully saturated rings. The van der Waals surface area contributed by atoms with Crippen LogP contribution in [-0.4, -0.2) is 19.4 Å². The van der Waals surface area contributed by atoms with Gasteiger partial charge in [0.2, 0.25) is 0 Å². The minimum Gasteiger partial charge on any atom is -0.308 e. The first kappa shape index (κ1) is 31.1. The molecule has 0 amide bonds. The number of aromatic nitrogens is 4. The molecule has 3 aromatic heterocycles. The standard InChI is InChI=1S/C51H32N4/c1-3-13-33(14-4-1)37-17-11-18-38(29-37)34-25-27-36(28-26-34)50-52-49(35-15-5-2-6-16-35)53-51(54-50)40-20-12-19-39(30-40)41-31-44-42-21-7-9-23-46(42)55-47-24-10-8-22-43(47)45(32-41)48(44)55/h1-32H. The number of hydrogen-bond donors (Lipinski definition) is 0. The fraction of sp³-hybridized carbons (Fsp3) is 0. The van der Waals surface area contributed by atoms with Gasteiger partial charge in [-0.1, -0.05) is 158 Å². The lowest BCUT2D eigenvalue weighted by Crippen LogP contribution is -2.00. The van der Waals surface area contributed by atoms with Crippen molar-refractivity contribution in [2.24, 2.45) is 0 Å². The molecule has 0 spiro atoms. The smallest absolute Gasteiger partial charge is 0.164 e. The fourth-order valence-electron chi connectivity index (χ4n) is 8.13. The molecule has 0 saturated heterocycles. The van der Waals surface area contributed by atoms with Crippen LogP contribution in [0.1, 0.15) is 0 Å². The zero-order valence-corrected chi connectivity index (χ0v) is 29.8. The maximum absolute atomic E-state index is 5.12. The number of fused-ring (bicyclic) bond motifs is 6. The van der Waals surface area contributed by atoms with Gasteiger partial charge < -0.3 is 4.40 Å². The average Bonchev–Trinajstić information content (AvgIpc) is 3.79. The Kier molecular flexibility index (Phi) is 7.14. The Labute approximate surface area is 318 Å². The Morgan fingerprint density at radius 2 is 0.636 bits per heavy atom. The summed E-state index contributed by atoms with van der Waals surface area (Å²) in [5.74, 6) is 1.92. The van der Waals surface area contributed by atoms with Crippen LogP contribution in [-0.2, 0) is 0 Å². The topological polar surface area (TPSA) is 43.1 Å². The number of nitrogens with zero attached hydrogens (tertiary/aromatic N) is 4. The van der Waals surface area contributed by atoms with Gasteiger partial charge in [0.05, 0.1) is 16.6 Å². The normalized spacial score (nSPS) is 11.6. The lowest BCUT2D eigenvalue weighted by atomic mass is 9.98. The van der Waals surface area contributed by atoms with Gasteiger partial charge in [0.1, 0.15) is 0 Å². The van der Waals surface area contributed by atoms with Crippen LogP contribution in [0, 0.1) is 0 Å². The van der Waals surface area contributed by atoms with Crippen molar-refractivity contribution < 1.29 is 0 Å². The molecule has 0 aliphatic heterocycles. The van der Waals surface area contributed by atoms with Gasteiger partial charge in [0.15, 0.2) is 17.5 Å². The Hall–Kier alpha value is -7.43. The highest BCUT2D eigenvalue weighted by Gasteiger charge is 2.19. The summed E-state index contributed by atoms with van der Waals surface area (Å²) in [6, 6.07) is 68.6. The van der Waals surface area contributed by atoms with Crippen LogP contribution in [0.2, 0.25) is 0 Å². The maximum Gasteiger partial charge on any atom is 0.164 e. The Bertz CT molecular complexity index is 3100. The summed E-state index contributed by atoms with van der Waals surface area (Å²) in [4.78, 5) is 15.2. The molecule has 4 nitrogen and oxygen atoms in total. The van der Waals surface area contributed by atoms with Gasteiger partial charge in [-0.3, -0.25) is 0 Å². The molecule has 0 aliphatic carbocycles. The van der Waals surface area contributed by atoms with Crippen molar-refractivity contribution in [1.82, 2.24) is 19.4 Å². The van der Waals surface area contributed by atoms with Gasteiger partial charge in [0.25, 0.3) is 0 Å². The van der Waals surface area contributed by atoms with Crippen molar-refractivity contribution in [3.8, 4) is 67.5 Å². The van der Waals surface area contributed by atoms with E-state index in [1.807, 2.05) is 24.3 Å². The van der Waals surface area contributed by atoms with E-state index in [0.29, 0.717) is 17.5 Å². The van der Waals surface area contributed by atoms with E-state index in [1.54, 1.807) is 0 Å². The highest BCUT2D eigenvalue weighted by atomic mass is 15.0. The summed E-state index contributed by atoms with van der Waals surface area (Å²) in [7, 11) is 0. The van der Waals surface area contributed by atoms with E-state index in [-0.39, 0.29) is 0 Å². The molecule has 8 aromatic carbocycles. The van der Waals surface area contributed by atoms with E-state index in [0.717, 1.165) is 38.9 Å². The number of para-hydroxylation sites is 2. The molecule has 256 valence electrons. The second kappa shape index (κ2) is 12.6. The molecule has 55 heavy (non-hydrogen) atoms. The molecule has 0 N–H and O–H groups in total. The maximum atomic E-state index is 5.12. The molecule has 11 aromatic rings. The number of benzene rings is 8. The number of rotatable bonds is 6. The SMILES string of the molecule is c1ccc(-c2cccc(-c3ccc(-c4nc(-c5ccccc5)nc(-c5cccc(-c6cc7c8ccccc8n8c9ccccc9c(c6)c78)c5)n4)cc3)c2)cc1.